The zero-order valence-electron chi connectivity index (χ0n) is 17.3. The van der Waals surface area contributed by atoms with Gasteiger partial charge < -0.3 is 14.2 Å². The van der Waals surface area contributed by atoms with E-state index in [2.05, 4.69) is 20.8 Å². The lowest BCUT2D eigenvalue weighted by Gasteiger charge is -2.29. The molecule has 0 saturated heterocycles. The van der Waals surface area contributed by atoms with Gasteiger partial charge in [0.05, 0.1) is 5.92 Å². The monoisotopic (exact) mass is 584 g/mol. The number of halogens is 15. The lowest BCUT2D eigenvalue weighted by atomic mass is 9.87. The van der Waals surface area contributed by atoms with E-state index in [-0.39, 0.29) is 6.92 Å². The average Bonchev–Trinajstić information content (AvgIpc) is 2.63. The molecule has 0 saturated carbocycles. The fourth-order valence-electron chi connectivity index (χ4n) is 2.20. The summed E-state index contributed by atoms with van der Waals surface area (Å²) in [7, 11) is 0. The number of hydrogen-bond donors (Lipinski definition) is 0. The summed E-state index contributed by atoms with van der Waals surface area (Å²) in [6.45, 7) is 0.0865. The second-order valence-electron chi connectivity index (χ2n) is 6.78. The van der Waals surface area contributed by atoms with Gasteiger partial charge in [0, 0.05) is 5.57 Å². The van der Waals surface area contributed by atoms with Crippen LogP contribution in [0, 0.1) is 11.8 Å². The molecule has 0 amide bonds. The smallest absolute Gasteiger partial charge is 0.434 e. The first-order valence-corrected chi connectivity index (χ1v) is 8.71. The Morgan fingerprint density at radius 3 is 1.27 bits per heavy atom. The molecule has 0 aromatic carbocycles. The molecule has 2 atom stereocenters. The maximum Gasteiger partial charge on any atom is 0.434 e. The molecule has 0 aliphatic carbocycles. The molecule has 21 heteroatoms. The first kappa shape index (κ1) is 34.1. The Morgan fingerprint density at radius 2 is 0.973 bits per heavy atom. The highest BCUT2D eigenvalue weighted by Crippen LogP contribution is 2.39. The number of rotatable bonds is 8. The molecule has 216 valence electrons. The van der Waals surface area contributed by atoms with Crippen molar-refractivity contribution in [2.45, 2.75) is 50.0 Å². The van der Waals surface area contributed by atoms with Crippen LogP contribution >= 0.6 is 0 Å². The van der Waals surface area contributed by atoms with Crippen molar-refractivity contribution in [2.75, 3.05) is 6.61 Å². The summed E-state index contributed by atoms with van der Waals surface area (Å²) in [5.74, 6) is -14.6. The maximum absolute atomic E-state index is 12.7. The van der Waals surface area contributed by atoms with Crippen LogP contribution in [0.3, 0.4) is 0 Å². The van der Waals surface area contributed by atoms with Crippen molar-refractivity contribution in [1.29, 1.82) is 0 Å². The van der Waals surface area contributed by atoms with Gasteiger partial charge in [-0.25, -0.2) is 4.79 Å². The van der Waals surface area contributed by atoms with Crippen LogP contribution in [0.2, 0.25) is 0 Å². The standard InChI is InChI=1S/C16H11F15O6/c1-4(7(32)35-3-12(17,18)19)6(9(34)37-11(15(26,27)28)16(29,30)31)5(2)8(33)36-10(13(20,21)22)14(23,24)25/h5-6,10-11H,1,3H2,2H3. The van der Waals surface area contributed by atoms with Crippen LogP contribution in [-0.2, 0) is 28.6 Å². The van der Waals surface area contributed by atoms with E-state index in [0.29, 0.717) is 0 Å². The van der Waals surface area contributed by atoms with Crippen molar-refractivity contribution >= 4 is 17.9 Å². The van der Waals surface area contributed by atoms with Crippen LogP contribution in [0.1, 0.15) is 6.92 Å². The Morgan fingerprint density at radius 1 is 0.649 bits per heavy atom. The second-order valence-corrected chi connectivity index (χ2v) is 6.78. The van der Waals surface area contributed by atoms with Crippen LogP contribution in [0.15, 0.2) is 12.2 Å². The molecule has 6 nitrogen and oxygen atoms in total. The van der Waals surface area contributed by atoms with Gasteiger partial charge in [0.25, 0.3) is 12.2 Å². The lowest BCUT2D eigenvalue weighted by Crippen LogP contribution is -2.49. The average molecular weight is 584 g/mol. The van der Waals surface area contributed by atoms with Crippen molar-refractivity contribution < 1.29 is 94.5 Å². The molecule has 37 heavy (non-hydrogen) atoms. The zero-order valence-corrected chi connectivity index (χ0v) is 17.3. The molecule has 0 rings (SSSR count). The highest BCUT2D eigenvalue weighted by molar-refractivity contribution is 5.97. The van der Waals surface area contributed by atoms with Crippen molar-refractivity contribution in [3.8, 4) is 0 Å². The van der Waals surface area contributed by atoms with Gasteiger partial charge >= 0.3 is 48.8 Å². The normalized spacial score (nSPS) is 15.3. The van der Waals surface area contributed by atoms with Gasteiger partial charge in [0.15, 0.2) is 6.61 Å². The Labute approximate surface area is 194 Å². The highest BCUT2D eigenvalue weighted by Gasteiger charge is 2.62. The molecular formula is C16H11F15O6. The lowest BCUT2D eigenvalue weighted by molar-refractivity contribution is -0.317. The van der Waals surface area contributed by atoms with Gasteiger partial charge in [-0.05, 0) is 0 Å². The number of carbonyl (C=O) groups is 3. The van der Waals surface area contributed by atoms with Crippen LogP contribution < -0.4 is 0 Å². The van der Waals surface area contributed by atoms with Gasteiger partial charge in [-0.2, -0.15) is 65.9 Å². The number of carbonyl (C=O) groups excluding carboxylic acids is 3. The van der Waals surface area contributed by atoms with E-state index >= 15 is 0 Å². The third-order valence-corrected chi connectivity index (χ3v) is 3.79. The zero-order chi connectivity index (χ0) is 29.9. The van der Waals surface area contributed by atoms with Crippen LogP contribution in [0.5, 0.6) is 0 Å². The van der Waals surface area contributed by atoms with Gasteiger partial charge in [-0.1, -0.05) is 13.5 Å². The van der Waals surface area contributed by atoms with E-state index in [1.165, 1.54) is 0 Å². The number of ether oxygens (including phenoxy) is 3. The minimum Gasteiger partial charge on any atom is -0.453 e. The third kappa shape index (κ3) is 10.5. The molecule has 0 radical (unpaired) electrons. The molecule has 0 aromatic heterocycles. The Hall–Kier alpha value is -2.90. The molecule has 0 fully saturated rings. The predicted octanol–water partition coefficient (Wildman–Crippen LogP) is 4.97. The van der Waals surface area contributed by atoms with Crippen molar-refractivity contribution in [3.63, 3.8) is 0 Å². The summed E-state index contributed by atoms with van der Waals surface area (Å²) in [6.07, 6.45) is -40.9. The summed E-state index contributed by atoms with van der Waals surface area (Å²) in [4.78, 5) is 35.6. The largest absolute Gasteiger partial charge is 0.453 e. The minimum atomic E-state index is -6.45. The van der Waals surface area contributed by atoms with Crippen molar-refractivity contribution in [3.05, 3.63) is 12.2 Å². The Kier molecular flexibility index (Phi) is 10.4. The van der Waals surface area contributed by atoms with Gasteiger partial charge in [0.2, 0.25) is 0 Å². The van der Waals surface area contributed by atoms with E-state index in [9.17, 15) is 80.2 Å². The Balaban J connectivity index is 6.37. The van der Waals surface area contributed by atoms with Crippen LogP contribution in [0.25, 0.3) is 0 Å². The summed E-state index contributed by atoms with van der Waals surface area (Å²) in [5.41, 5.74) is -1.91. The first-order valence-electron chi connectivity index (χ1n) is 8.71. The fraction of sp³-hybridized carbons (Fsp3) is 0.688. The number of alkyl halides is 15. The number of hydrogen-bond acceptors (Lipinski definition) is 6. The maximum atomic E-state index is 12.7. The molecule has 0 spiro atoms. The van der Waals surface area contributed by atoms with Gasteiger partial charge in [-0.3, -0.25) is 9.59 Å². The van der Waals surface area contributed by atoms with E-state index in [1.54, 1.807) is 0 Å². The molecule has 0 bridgehead atoms. The van der Waals surface area contributed by atoms with Crippen molar-refractivity contribution in [1.82, 2.24) is 0 Å². The molecule has 0 aliphatic heterocycles. The quantitative estimate of drug-likeness (QED) is 0.174. The SMILES string of the molecule is C=C(C(=O)OCC(F)(F)F)C(C(=O)OC(C(F)(F)F)C(F)(F)F)C(C)C(=O)OC(C(F)(F)F)C(F)(F)F. The van der Waals surface area contributed by atoms with E-state index in [4.69, 9.17) is 0 Å². The van der Waals surface area contributed by atoms with E-state index in [0.717, 1.165) is 0 Å². The molecule has 2 unspecified atom stereocenters. The molecular weight excluding hydrogens is 573 g/mol. The summed E-state index contributed by atoms with van der Waals surface area (Å²) in [6, 6.07) is 0. The third-order valence-electron chi connectivity index (χ3n) is 3.79. The van der Waals surface area contributed by atoms with Crippen molar-refractivity contribution in [2.24, 2.45) is 11.8 Å². The summed E-state index contributed by atoms with van der Waals surface area (Å²) < 4.78 is 198. The van der Waals surface area contributed by atoms with Gasteiger partial charge in [-0.15, -0.1) is 0 Å². The predicted molar refractivity (Wildman–Crippen MR) is 82.8 cm³/mol. The molecule has 0 aromatic rings. The fourth-order valence-corrected chi connectivity index (χ4v) is 2.20. The number of esters is 3. The first-order chi connectivity index (χ1) is 16.1. The van der Waals surface area contributed by atoms with Crippen LogP contribution in [-0.4, -0.2) is 67.6 Å². The van der Waals surface area contributed by atoms with Crippen LogP contribution in [0.4, 0.5) is 65.9 Å². The van der Waals surface area contributed by atoms with E-state index in [1.807, 2.05) is 0 Å². The molecule has 0 aliphatic rings. The minimum absolute atomic E-state index is 0.0659. The molecule has 0 heterocycles. The molecule has 0 N–H and O–H groups in total. The van der Waals surface area contributed by atoms with E-state index < -0.39 is 85.0 Å². The summed E-state index contributed by atoms with van der Waals surface area (Å²) in [5, 5.41) is 0. The van der Waals surface area contributed by atoms with Gasteiger partial charge in [0.1, 0.15) is 5.92 Å². The highest BCUT2D eigenvalue weighted by atomic mass is 19.4. The Bertz CT molecular complexity index is 821. The topological polar surface area (TPSA) is 78.9 Å². The summed E-state index contributed by atoms with van der Waals surface area (Å²) >= 11 is 0. The second kappa shape index (κ2) is 11.2.